The number of carbonyl (C=O) groups excluding carboxylic acids is 1. The van der Waals surface area contributed by atoms with E-state index in [0.717, 1.165) is 11.1 Å². The lowest BCUT2D eigenvalue weighted by atomic mass is 10.1. The molecule has 0 aliphatic carbocycles. The summed E-state index contributed by atoms with van der Waals surface area (Å²) >= 11 is 6.00. The highest BCUT2D eigenvalue weighted by Crippen LogP contribution is 2.18. The number of amides is 1. The zero-order chi connectivity index (χ0) is 14.5. The van der Waals surface area contributed by atoms with Gasteiger partial charge < -0.3 is 4.90 Å². The summed E-state index contributed by atoms with van der Waals surface area (Å²) < 4.78 is 0. The first-order valence-corrected chi connectivity index (χ1v) is 6.94. The quantitative estimate of drug-likeness (QED) is 0.859. The highest BCUT2D eigenvalue weighted by Gasteiger charge is 2.15. The number of aryl methyl sites for hydroxylation is 1. The van der Waals surface area contributed by atoms with Gasteiger partial charge in [-0.25, -0.2) is 0 Å². The highest BCUT2D eigenvalue weighted by atomic mass is 35.5. The van der Waals surface area contributed by atoms with Crippen LogP contribution in [-0.4, -0.2) is 22.3 Å². The molecule has 1 aromatic carbocycles. The molecule has 1 amide bonds. The molecule has 0 bridgehead atoms. The fourth-order valence-electron chi connectivity index (χ4n) is 2.00. The summed E-state index contributed by atoms with van der Waals surface area (Å²) in [6.07, 6.45) is 3.51. The van der Waals surface area contributed by atoms with Gasteiger partial charge in [0, 0.05) is 36.1 Å². The number of aromatic nitrogens is 1. The molecule has 2 rings (SSSR count). The molecule has 104 valence electrons. The lowest BCUT2D eigenvalue weighted by molar-refractivity contribution is 0.0752. The van der Waals surface area contributed by atoms with Gasteiger partial charge in [0.05, 0.1) is 0 Å². The van der Waals surface area contributed by atoms with Crippen molar-refractivity contribution in [1.29, 1.82) is 0 Å². The predicted molar refractivity (Wildman–Crippen MR) is 80.8 cm³/mol. The number of hydrogen-bond acceptors (Lipinski definition) is 2. The van der Waals surface area contributed by atoms with Crippen LogP contribution in [0.4, 0.5) is 0 Å². The van der Waals surface area contributed by atoms with E-state index in [1.807, 2.05) is 32.0 Å². The minimum absolute atomic E-state index is 0.0103. The molecular weight excluding hydrogens is 272 g/mol. The van der Waals surface area contributed by atoms with E-state index in [9.17, 15) is 4.79 Å². The SMILES string of the molecule is CCN(Cc1cccnc1)C(=O)c1ccc(Cl)c(C)c1. The Labute approximate surface area is 124 Å². The molecule has 1 heterocycles. The van der Waals surface area contributed by atoms with Crippen molar-refractivity contribution in [3.05, 3.63) is 64.4 Å². The maximum absolute atomic E-state index is 12.5. The molecule has 0 fully saturated rings. The lowest BCUT2D eigenvalue weighted by Crippen LogP contribution is -2.30. The van der Waals surface area contributed by atoms with Crippen LogP contribution < -0.4 is 0 Å². The minimum atomic E-state index is 0.0103. The van der Waals surface area contributed by atoms with Crippen LogP contribution in [0.5, 0.6) is 0 Å². The van der Waals surface area contributed by atoms with Crippen LogP contribution in [-0.2, 0) is 6.54 Å². The number of halogens is 1. The number of benzene rings is 1. The second-order valence-corrected chi connectivity index (χ2v) is 5.05. The van der Waals surface area contributed by atoms with Gasteiger partial charge in [-0.15, -0.1) is 0 Å². The second-order valence-electron chi connectivity index (χ2n) is 4.64. The summed E-state index contributed by atoms with van der Waals surface area (Å²) in [5.74, 6) is 0.0103. The van der Waals surface area contributed by atoms with Gasteiger partial charge in [0.15, 0.2) is 0 Å². The van der Waals surface area contributed by atoms with E-state index in [-0.39, 0.29) is 5.91 Å². The van der Waals surface area contributed by atoms with Gasteiger partial charge in [-0.05, 0) is 49.2 Å². The van der Waals surface area contributed by atoms with Crippen molar-refractivity contribution < 1.29 is 4.79 Å². The number of carbonyl (C=O) groups is 1. The Bertz CT molecular complexity index is 599. The van der Waals surface area contributed by atoms with Crippen LogP contribution in [0.15, 0.2) is 42.7 Å². The Balaban J connectivity index is 2.18. The van der Waals surface area contributed by atoms with Crippen LogP contribution in [0.3, 0.4) is 0 Å². The van der Waals surface area contributed by atoms with Gasteiger partial charge in [0.1, 0.15) is 0 Å². The van der Waals surface area contributed by atoms with Crippen LogP contribution in [0.2, 0.25) is 5.02 Å². The fourth-order valence-corrected chi connectivity index (χ4v) is 2.12. The van der Waals surface area contributed by atoms with Gasteiger partial charge >= 0.3 is 0 Å². The summed E-state index contributed by atoms with van der Waals surface area (Å²) in [6.45, 7) is 5.08. The van der Waals surface area contributed by atoms with Crippen molar-refractivity contribution in [1.82, 2.24) is 9.88 Å². The number of hydrogen-bond donors (Lipinski definition) is 0. The van der Waals surface area contributed by atoms with Crippen LogP contribution >= 0.6 is 11.6 Å². The largest absolute Gasteiger partial charge is 0.335 e. The van der Waals surface area contributed by atoms with Crippen LogP contribution in [0.25, 0.3) is 0 Å². The molecule has 0 atom stereocenters. The molecule has 0 N–H and O–H groups in total. The van der Waals surface area contributed by atoms with E-state index in [2.05, 4.69) is 4.98 Å². The minimum Gasteiger partial charge on any atom is -0.335 e. The van der Waals surface area contributed by atoms with Crippen molar-refractivity contribution in [3.8, 4) is 0 Å². The molecule has 0 aliphatic rings. The smallest absolute Gasteiger partial charge is 0.254 e. The van der Waals surface area contributed by atoms with Crippen LogP contribution in [0, 0.1) is 6.92 Å². The monoisotopic (exact) mass is 288 g/mol. The second kappa shape index (κ2) is 6.53. The normalized spacial score (nSPS) is 10.3. The average Bonchev–Trinajstić information content (AvgIpc) is 2.48. The Morgan fingerprint density at radius 1 is 1.35 bits per heavy atom. The van der Waals surface area contributed by atoms with Gasteiger partial charge in [-0.1, -0.05) is 17.7 Å². The van der Waals surface area contributed by atoms with Gasteiger partial charge in [-0.2, -0.15) is 0 Å². The summed E-state index contributed by atoms with van der Waals surface area (Å²) in [7, 11) is 0. The molecule has 0 spiro atoms. The third-order valence-corrected chi connectivity index (χ3v) is 3.59. The first-order chi connectivity index (χ1) is 9.61. The zero-order valence-corrected chi connectivity index (χ0v) is 12.4. The summed E-state index contributed by atoms with van der Waals surface area (Å²) in [5, 5.41) is 0.678. The van der Waals surface area contributed by atoms with Crippen molar-refractivity contribution in [2.45, 2.75) is 20.4 Å². The Hall–Kier alpha value is -1.87. The van der Waals surface area contributed by atoms with E-state index >= 15 is 0 Å². The maximum Gasteiger partial charge on any atom is 0.254 e. The number of rotatable bonds is 4. The first-order valence-electron chi connectivity index (χ1n) is 6.56. The Morgan fingerprint density at radius 3 is 2.75 bits per heavy atom. The molecule has 1 aromatic heterocycles. The molecule has 0 unspecified atom stereocenters. The predicted octanol–water partition coefficient (Wildman–Crippen LogP) is 3.71. The summed E-state index contributed by atoms with van der Waals surface area (Å²) in [6, 6.07) is 9.21. The number of pyridine rings is 1. The molecule has 2 aromatic rings. The van der Waals surface area contributed by atoms with Crippen molar-refractivity contribution in [3.63, 3.8) is 0 Å². The van der Waals surface area contributed by atoms with Crippen LogP contribution in [0.1, 0.15) is 28.4 Å². The van der Waals surface area contributed by atoms with E-state index in [4.69, 9.17) is 11.6 Å². The standard InChI is InChI=1S/C16H17ClN2O/c1-3-19(11-13-5-4-8-18-10-13)16(20)14-6-7-15(17)12(2)9-14/h4-10H,3,11H2,1-2H3. The third kappa shape index (κ3) is 3.36. The van der Waals surface area contributed by atoms with Gasteiger partial charge in [-0.3, -0.25) is 9.78 Å². The van der Waals surface area contributed by atoms with Crippen molar-refractivity contribution in [2.24, 2.45) is 0 Å². The molecule has 0 saturated carbocycles. The molecule has 0 aliphatic heterocycles. The zero-order valence-electron chi connectivity index (χ0n) is 11.6. The summed E-state index contributed by atoms with van der Waals surface area (Å²) in [5.41, 5.74) is 2.60. The molecule has 20 heavy (non-hydrogen) atoms. The molecule has 0 radical (unpaired) electrons. The first kappa shape index (κ1) is 14.5. The van der Waals surface area contributed by atoms with E-state index < -0.39 is 0 Å². The Morgan fingerprint density at radius 2 is 2.15 bits per heavy atom. The van der Waals surface area contributed by atoms with E-state index in [1.165, 1.54) is 0 Å². The fraction of sp³-hybridized carbons (Fsp3) is 0.250. The molecule has 3 nitrogen and oxygen atoms in total. The molecular formula is C16H17ClN2O. The molecule has 4 heteroatoms. The van der Waals surface area contributed by atoms with Gasteiger partial charge in [0.2, 0.25) is 0 Å². The number of nitrogens with zero attached hydrogens (tertiary/aromatic N) is 2. The molecule has 0 saturated heterocycles. The average molecular weight is 289 g/mol. The maximum atomic E-state index is 12.5. The van der Waals surface area contributed by atoms with E-state index in [0.29, 0.717) is 23.7 Å². The van der Waals surface area contributed by atoms with Crippen molar-refractivity contribution in [2.75, 3.05) is 6.54 Å². The van der Waals surface area contributed by atoms with Gasteiger partial charge in [0.25, 0.3) is 5.91 Å². The highest BCUT2D eigenvalue weighted by molar-refractivity contribution is 6.31. The van der Waals surface area contributed by atoms with E-state index in [1.54, 1.807) is 29.4 Å². The third-order valence-electron chi connectivity index (χ3n) is 3.17. The topological polar surface area (TPSA) is 33.2 Å². The summed E-state index contributed by atoms with van der Waals surface area (Å²) in [4.78, 5) is 18.4. The lowest BCUT2D eigenvalue weighted by Gasteiger charge is -2.21. The van der Waals surface area contributed by atoms with Crippen molar-refractivity contribution >= 4 is 17.5 Å². The Kier molecular flexibility index (Phi) is 4.74.